The first-order chi connectivity index (χ1) is 13.5. The van der Waals surface area contributed by atoms with Crippen molar-refractivity contribution in [1.82, 2.24) is 14.8 Å². The second-order valence-corrected chi connectivity index (χ2v) is 7.11. The number of halogens is 1. The molecule has 8 heteroatoms. The van der Waals surface area contributed by atoms with Gasteiger partial charge in [-0.15, -0.1) is 0 Å². The predicted molar refractivity (Wildman–Crippen MR) is 107 cm³/mol. The van der Waals surface area contributed by atoms with Crippen molar-refractivity contribution in [3.8, 4) is 5.69 Å². The summed E-state index contributed by atoms with van der Waals surface area (Å²) in [6.45, 7) is 2.33. The van der Waals surface area contributed by atoms with E-state index < -0.39 is 5.92 Å². The summed E-state index contributed by atoms with van der Waals surface area (Å²) in [7, 11) is 0. The van der Waals surface area contributed by atoms with Gasteiger partial charge in [0.15, 0.2) is 0 Å². The molecule has 2 heterocycles. The highest BCUT2D eigenvalue weighted by Gasteiger charge is 2.35. The zero-order valence-corrected chi connectivity index (χ0v) is 15.9. The molecule has 0 spiro atoms. The molecule has 1 saturated heterocycles. The van der Waals surface area contributed by atoms with Gasteiger partial charge in [-0.3, -0.25) is 9.59 Å². The van der Waals surface area contributed by atoms with Gasteiger partial charge in [-0.2, -0.15) is 5.10 Å². The van der Waals surface area contributed by atoms with E-state index in [0.29, 0.717) is 22.9 Å². The number of benzene rings is 2. The van der Waals surface area contributed by atoms with Gasteiger partial charge in [-0.1, -0.05) is 35.4 Å². The van der Waals surface area contributed by atoms with Gasteiger partial charge < -0.3 is 10.2 Å². The standard InChI is InChI=1S/C20H18ClN5O2/c1-13-5-7-15(8-6-13)25-10-14(9-18(25)27)20(28)24-17-4-2-3-16(21)19(17)26-12-22-11-23-26/h2-8,11-12,14H,9-10H2,1H3,(H,24,28). The quantitative estimate of drug-likeness (QED) is 0.735. The average molecular weight is 396 g/mol. The summed E-state index contributed by atoms with van der Waals surface area (Å²) in [5.41, 5.74) is 2.97. The Bertz CT molecular complexity index is 1020. The lowest BCUT2D eigenvalue weighted by atomic mass is 10.1. The molecule has 0 bridgehead atoms. The third-order valence-corrected chi connectivity index (χ3v) is 5.04. The topological polar surface area (TPSA) is 80.1 Å². The predicted octanol–water partition coefficient (Wildman–Crippen LogP) is 3.22. The van der Waals surface area contributed by atoms with E-state index >= 15 is 0 Å². The van der Waals surface area contributed by atoms with Crippen LogP contribution in [-0.4, -0.2) is 33.1 Å². The van der Waals surface area contributed by atoms with E-state index in [1.54, 1.807) is 23.1 Å². The van der Waals surface area contributed by atoms with Crippen LogP contribution >= 0.6 is 11.6 Å². The van der Waals surface area contributed by atoms with Crippen molar-refractivity contribution in [3.63, 3.8) is 0 Å². The molecular weight excluding hydrogens is 378 g/mol. The number of carbonyl (C=O) groups is 2. The third-order valence-electron chi connectivity index (χ3n) is 4.73. The Balaban J connectivity index is 1.53. The summed E-state index contributed by atoms with van der Waals surface area (Å²) in [4.78, 5) is 30.9. The van der Waals surface area contributed by atoms with Crippen molar-refractivity contribution in [1.29, 1.82) is 0 Å². The summed E-state index contributed by atoms with van der Waals surface area (Å²) in [5, 5.41) is 7.42. The van der Waals surface area contributed by atoms with Gasteiger partial charge in [0, 0.05) is 18.7 Å². The Morgan fingerprint density at radius 3 is 2.71 bits per heavy atom. The van der Waals surface area contributed by atoms with Gasteiger partial charge in [0.1, 0.15) is 18.3 Å². The van der Waals surface area contributed by atoms with E-state index in [9.17, 15) is 9.59 Å². The summed E-state index contributed by atoms with van der Waals surface area (Å²) in [5.74, 6) is -0.741. The first-order valence-electron chi connectivity index (χ1n) is 8.84. The van der Waals surface area contributed by atoms with Crippen molar-refractivity contribution in [2.45, 2.75) is 13.3 Å². The highest BCUT2D eigenvalue weighted by molar-refractivity contribution is 6.33. The van der Waals surface area contributed by atoms with E-state index in [1.807, 2.05) is 31.2 Å². The summed E-state index contributed by atoms with van der Waals surface area (Å²) >= 11 is 6.30. The smallest absolute Gasteiger partial charge is 0.229 e. The second kappa shape index (κ2) is 7.44. The molecule has 0 aliphatic carbocycles. The van der Waals surface area contributed by atoms with Crippen LogP contribution in [0.1, 0.15) is 12.0 Å². The normalized spacial score (nSPS) is 16.4. The molecule has 1 atom stereocenters. The number of rotatable bonds is 4. The third kappa shape index (κ3) is 3.48. The summed E-state index contributed by atoms with van der Waals surface area (Å²) in [6, 6.07) is 12.9. The van der Waals surface area contributed by atoms with Crippen LogP contribution in [0.5, 0.6) is 0 Å². The number of hydrogen-bond donors (Lipinski definition) is 1. The van der Waals surface area contributed by atoms with E-state index in [2.05, 4.69) is 15.4 Å². The number of anilines is 2. The molecule has 1 fully saturated rings. The van der Waals surface area contributed by atoms with Crippen LogP contribution in [0, 0.1) is 12.8 Å². The molecule has 142 valence electrons. The Kier molecular flexibility index (Phi) is 4.83. The van der Waals surface area contributed by atoms with Crippen molar-refractivity contribution in [2.75, 3.05) is 16.8 Å². The Morgan fingerprint density at radius 2 is 2.00 bits per heavy atom. The Hall–Kier alpha value is -3.19. The van der Waals surface area contributed by atoms with Crippen molar-refractivity contribution in [2.24, 2.45) is 5.92 Å². The Labute approximate surface area is 166 Å². The summed E-state index contributed by atoms with van der Waals surface area (Å²) < 4.78 is 1.50. The van der Waals surface area contributed by atoms with Crippen LogP contribution in [0.25, 0.3) is 5.69 Å². The molecule has 2 aromatic carbocycles. The minimum atomic E-state index is -0.448. The lowest BCUT2D eigenvalue weighted by Crippen LogP contribution is -2.28. The van der Waals surface area contributed by atoms with Crippen LogP contribution in [0.2, 0.25) is 5.02 Å². The molecule has 28 heavy (non-hydrogen) atoms. The molecule has 2 amide bonds. The maximum atomic E-state index is 12.8. The monoisotopic (exact) mass is 395 g/mol. The summed E-state index contributed by atoms with van der Waals surface area (Å²) in [6.07, 6.45) is 3.07. The van der Waals surface area contributed by atoms with Crippen molar-refractivity contribution >= 4 is 34.8 Å². The molecule has 0 saturated carbocycles. The van der Waals surface area contributed by atoms with Gasteiger partial charge in [0.25, 0.3) is 0 Å². The first-order valence-corrected chi connectivity index (χ1v) is 9.22. The minimum Gasteiger partial charge on any atom is -0.324 e. The maximum absolute atomic E-state index is 12.8. The fraction of sp³-hybridized carbons (Fsp3) is 0.200. The lowest BCUT2D eigenvalue weighted by molar-refractivity contribution is -0.122. The molecule has 4 rings (SSSR count). The highest BCUT2D eigenvalue weighted by Crippen LogP contribution is 2.30. The largest absolute Gasteiger partial charge is 0.324 e. The molecular formula is C20H18ClN5O2. The van der Waals surface area contributed by atoms with Crippen LogP contribution < -0.4 is 10.2 Å². The minimum absolute atomic E-state index is 0.0633. The lowest BCUT2D eigenvalue weighted by Gasteiger charge is -2.17. The molecule has 1 unspecified atom stereocenters. The zero-order chi connectivity index (χ0) is 19.7. The maximum Gasteiger partial charge on any atom is 0.229 e. The van der Waals surface area contributed by atoms with Crippen LogP contribution in [0.4, 0.5) is 11.4 Å². The Morgan fingerprint density at radius 1 is 1.21 bits per heavy atom. The number of carbonyl (C=O) groups excluding carboxylic acids is 2. The number of amides is 2. The molecule has 1 aliphatic heterocycles. The highest BCUT2D eigenvalue weighted by atomic mass is 35.5. The number of hydrogen-bond acceptors (Lipinski definition) is 4. The zero-order valence-electron chi connectivity index (χ0n) is 15.2. The number of para-hydroxylation sites is 1. The number of nitrogens with zero attached hydrogens (tertiary/aromatic N) is 4. The van der Waals surface area contributed by atoms with Crippen molar-refractivity contribution in [3.05, 3.63) is 65.7 Å². The van der Waals surface area contributed by atoms with E-state index in [1.165, 1.54) is 17.3 Å². The molecule has 1 aliphatic rings. The van der Waals surface area contributed by atoms with E-state index in [0.717, 1.165) is 11.3 Å². The van der Waals surface area contributed by atoms with Crippen molar-refractivity contribution < 1.29 is 9.59 Å². The number of aryl methyl sites for hydroxylation is 1. The fourth-order valence-corrected chi connectivity index (χ4v) is 3.53. The molecule has 0 radical (unpaired) electrons. The first kappa shape index (κ1) is 18.2. The SMILES string of the molecule is Cc1ccc(N2CC(C(=O)Nc3cccc(Cl)c3-n3cncn3)CC2=O)cc1. The molecule has 3 aromatic rings. The van der Waals surface area contributed by atoms with Crippen LogP contribution in [0.3, 0.4) is 0 Å². The van der Waals surface area contributed by atoms with Crippen LogP contribution in [-0.2, 0) is 9.59 Å². The van der Waals surface area contributed by atoms with E-state index in [4.69, 9.17) is 11.6 Å². The number of nitrogens with one attached hydrogen (secondary N) is 1. The molecule has 1 aromatic heterocycles. The van der Waals surface area contributed by atoms with Crippen LogP contribution in [0.15, 0.2) is 55.1 Å². The fourth-order valence-electron chi connectivity index (χ4n) is 3.26. The van der Waals surface area contributed by atoms with Gasteiger partial charge >= 0.3 is 0 Å². The number of aromatic nitrogens is 3. The van der Waals surface area contributed by atoms with E-state index in [-0.39, 0.29) is 18.2 Å². The van der Waals surface area contributed by atoms with Gasteiger partial charge in [0.05, 0.1) is 16.6 Å². The van der Waals surface area contributed by atoms with Gasteiger partial charge in [-0.25, -0.2) is 9.67 Å². The second-order valence-electron chi connectivity index (χ2n) is 6.71. The molecule has 7 nitrogen and oxygen atoms in total. The molecule has 1 N–H and O–H groups in total. The average Bonchev–Trinajstić information content (AvgIpc) is 3.32. The van der Waals surface area contributed by atoms with Gasteiger partial charge in [0.2, 0.25) is 11.8 Å². The van der Waals surface area contributed by atoms with Gasteiger partial charge in [-0.05, 0) is 31.2 Å².